The van der Waals surface area contributed by atoms with E-state index in [1.165, 1.54) is 34.7 Å². The molecular weight excluding hydrogens is 531 g/mol. The molecule has 0 saturated carbocycles. The number of carbonyl (C=O) groups excluding carboxylic acids is 2. The number of aryl methyl sites for hydroxylation is 1. The Morgan fingerprint density at radius 1 is 1.24 bits per heavy atom. The number of hydrogen-bond acceptors (Lipinski definition) is 8. The average Bonchev–Trinajstić information content (AvgIpc) is 3.34. The predicted molar refractivity (Wildman–Crippen MR) is 135 cm³/mol. The number of benzene rings is 1. The van der Waals surface area contributed by atoms with Crippen LogP contribution in [0.15, 0.2) is 46.8 Å². The van der Waals surface area contributed by atoms with Crippen LogP contribution >= 0.6 is 23.1 Å². The Kier molecular flexibility index (Phi) is 12.5. The number of piperidine rings is 1. The average molecular weight is 560 g/mol. The van der Waals surface area contributed by atoms with E-state index in [4.69, 9.17) is 9.90 Å². The molecule has 2 atom stereocenters. The molecule has 0 unspecified atom stereocenters. The number of aromatic nitrogens is 2. The quantitative estimate of drug-likeness (QED) is 0.208. The van der Waals surface area contributed by atoms with Gasteiger partial charge < -0.3 is 15.7 Å². The van der Waals surface area contributed by atoms with Crippen molar-refractivity contribution >= 4 is 46.0 Å². The summed E-state index contributed by atoms with van der Waals surface area (Å²) < 4.78 is 32.5. The normalized spacial score (nSPS) is 16.4. The van der Waals surface area contributed by atoms with Gasteiger partial charge in [-0.15, -0.1) is 10.2 Å². The molecule has 0 aliphatic carbocycles. The number of anilines is 1. The van der Waals surface area contributed by atoms with Crippen LogP contribution in [0.3, 0.4) is 0 Å². The van der Waals surface area contributed by atoms with Crippen molar-refractivity contribution in [2.24, 2.45) is 0 Å². The zero-order chi connectivity index (χ0) is 27.3. The molecule has 1 aliphatic rings. The van der Waals surface area contributed by atoms with Gasteiger partial charge in [0.2, 0.25) is 16.9 Å². The fourth-order valence-corrected chi connectivity index (χ4v) is 4.41. The summed E-state index contributed by atoms with van der Waals surface area (Å²) in [4.78, 5) is 33.8. The molecular formula is C23H28F3N5O4S2. The summed E-state index contributed by atoms with van der Waals surface area (Å²) in [6.07, 6.45) is 4.57. The third-order valence-electron chi connectivity index (χ3n) is 5.07. The number of carbonyl (C=O) groups is 3. The van der Waals surface area contributed by atoms with Crippen LogP contribution in [0.1, 0.15) is 31.2 Å². The highest BCUT2D eigenvalue weighted by atomic mass is 32.2. The smallest absolute Gasteiger partial charge is 0.475 e. The Labute approximate surface area is 220 Å². The van der Waals surface area contributed by atoms with E-state index in [-0.39, 0.29) is 23.9 Å². The standard InChI is InChI=1S/C21H27N5O2S2.C2HF3O2/c1-29-21-26-25-20(30-21)24-18(27)13-12-16(11-10-15-7-3-2-4-8-15)23-19(28)17-9-5-6-14-22-17;3-2(4,5)1(6)7/h2-4,7-8,12-13,16-17,22H,5-6,9-11,14H2,1H3,(H,23,28)(H,24,25,27);(H,6,7)/t16-,17-;/m0./s1. The second-order valence-corrected chi connectivity index (χ2v) is 9.90. The number of carboxylic acid groups (broad SMARTS) is 1. The van der Waals surface area contributed by atoms with Crippen LogP contribution in [0, 0.1) is 0 Å². The molecule has 1 aromatic heterocycles. The number of hydrogen-bond donors (Lipinski definition) is 4. The highest BCUT2D eigenvalue weighted by molar-refractivity contribution is 8.00. The van der Waals surface area contributed by atoms with E-state index < -0.39 is 12.1 Å². The van der Waals surface area contributed by atoms with Gasteiger partial charge in [-0.2, -0.15) is 13.2 Å². The maximum absolute atomic E-state index is 12.7. The number of carboxylic acids is 1. The fourth-order valence-electron chi connectivity index (χ4n) is 3.24. The summed E-state index contributed by atoms with van der Waals surface area (Å²) in [5.74, 6) is -3.05. The number of nitrogens with one attached hydrogen (secondary N) is 3. The van der Waals surface area contributed by atoms with E-state index in [1.54, 1.807) is 6.08 Å². The molecule has 2 aromatic rings. The van der Waals surface area contributed by atoms with E-state index in [2.05, 4.69) is 38.3 Å². The van der Waals surface area contributed by atoms with Crippen molar-refractivity contribution in [2.45, 2.75) is 54.7 Å². The molecule has 1 aliphatic heterocycles. The van der Waals surface area contributed by atoms with Crippen molar-refractivity contribution in [1.29, 1.82) is 0 Å². The lowest BCUT2D eigenvalue weighted by molar-refractivity contribution is -0.192. The van der Waals surface area contributed by atoms with Crippen LogP contribution in [-0.2, 0) is 20.8 Å². The number of alkyl halides is 3. The van der Waals surface area contributed by atoms with Gasteiger partial charge >= 0.3 is 12.1 Å². The zero-order valence-corrected chi connectivity index (χ0v) is 21.6. The van der Waals surface area contributed by atoms with Crippen LogP contribution in [0.5, 0.6) is 0 Å². The summed E-state index contributed by atoms with van der Waals surface area (Å²) in [6, 6.07) is 9.73. The van der Waals surface area contributed by atoms with Crippen molar-refractivity contribution in [3.63, 3.8) is 0 Å². The first kappa shape index (κ1) is 30.3. The first-order chi connectivity index (χ1) is 17.6. The first-order valence-electron chi connectivity index (χ1n) is 11.3. The van der Waals surface area contributed by atoms with Crippen LogP contribution < -0.4 is 16.0 Å². The molecule has 2 amide bonds. The number of nitrogens with zero attached hydrogens (tertiary/aromatic N) is 2. The van der Waals surface area contributed by atoms with E-state index >= 15 is 0 Å². The van der Waals surface area contributed by atoms with E-state index in [0.29, 0.717) is 11.6 Å². The van der Waals surface area contributed by atoms with Gasteiger partial charge in [0, 0.05) is 12.1 Å². The molecule has 37 heavy (non-hydrogen) atoms. The number of aliphatic carboxylic acids is 1. The van der Waals surface area contributed by atoms with Gasteiger partial charge in [-0.1, -0.05) is 65.9 Å². The SMILES string of the molecule is CSc1nnc(NC(=O)C=C[C@H](CCc2ccccc2)NC(=O)[C@@H]2CCCCN2)s1.O=C(O)C(F)(F)F. The summed E-state index contributed by atoms with van der Waals surface area (Å²) in [5.41, 5.74) is 1.20. The van der Waals surface area contributed by atoms with Crippen molar-refractivity contribution in [2.75, 3.05) is 18.1 Å². The predicted octanol–water partition coefficient (Wildman–Crippen LogP) is 3.65. The van der Waals surface area contributed by atoms with Gasteiger partial charge in [-0.25, -0.2) is 4.79 Å². The highest BCUT2D eigenvalue weighted by Gasteiger charge is 2.38. The lowest BCUT2D eigenvalue weighted by Crippen LogP contribution is -2.49. The molecule has 3 rings (SSSR count). The lowest BCUT2D eigenvalue weighted by atomic mass is 10.0. The Morgan fingerprint density at radius 2 is 1.95 bits per heavy atom. The zero-order valence-electron chi connectivity index (χ0n) is 20.0. The molecule has 0 radical (unpaired) electrons. The Morgan fingerprint density at radius 3 is 2.51 bits per heavy atom. The second kappa shape index (κ2) is 15.3. The summed E-state index contributed by atoms with van der Waals surface area (Å²) in [6.45, 7) is 0.866. The summed E-state index contributed by atoms with van der Waals surface area (Å²) in [5, 5.41) is 24.6. The Balaban J connectivity index is 0.000000604. The fraction of sp³-hybridized carbons (Fsp3) is 0.435. The molecule has 2 heterocycles. The van der Waals surface area contributed by atoms with E-state index in [0.717, 1.165) is 36.6 Å². The number of halogens is 3. The van der Waals surface area contributed by atoms with Crippen LogP contribution in [0.2, 0.25) is 0 Å². The molecule has 14 heteroatoms. The van der Waals surface area contributed by atoms with Crippen molar-refractivity contribution < 1.29 is 32.7 Å². The number of amides is 2. The maximum atomic E-state index is 12.7. The van der Waals surface area contributed by atoms with Crippen molar-refractivity contribution in [3.05, 3.63) is 48.0 Å². The molecule has 4 N–H and O–H groups in total. The van der Waals surface area contributed by atoms with E-state index in [9.17, 15) is 22.8 Å². The maximum Gasteiger partial charge on any atom is 0.490 e. The van der Waals surface area contributed by atoms with Crippen LogP contribution in [0.25, 0.3) is 0 Å². The topological polar surface area (TPSA) is 133 Å². The minimum absolute atomic E-state index is 0.00782. The molecule has 1 saturated heterocycles. The minimum atomic E-state index is -5.08. The monoisotopic (exact) mass is 559 g/mol. The summed E-state index contributed by atoms with van der Waals surface area (Å²) >= 11 is 2.81. The number of rotatable bonds is 9. The third kappa shape index (κ3) is 11.7. The molecule has 9 nitrogen and oxygen atoms in total. The van der Waals surface area contributed by atoms with Gasteiger partial charge in [-0.05, 0) is 44.0 Å². The van der Waals surface area contributed by atoms with Crippen molar-refractivity contribution in [1.82, 2.24) is 20.8 Å². The Hall–Kier alpha value is -2.97. The first-order valence-corrected chi connectivity index (χ1v) is 13.4. The summed E-state index contributed by atoms with van der Waals surface area (Å²) in [7, 11) is 0. The third-order valence-corrected chi connectivity index (χ3v) is 6.89. The molecule has 1 fully saturated rings. The lowest BCUT2D eigenvalue weighted by Gasteiger charge is -2.25. The van der Waals surface area contributed by atoms with E-state index in [1.807, 2.05) is 24.5 Å². The molecule has 202 valence electrons. The van der Waals surface area contributed by atoms with Gasteiger partial charge in [-0.3, -0.25) is 14.9 Å². The molecule has 1 aromatic carbocycles. The van der Waals surface area contributed by atoms with Gasteiger partial charge in [0.05, 0.1) is 6.04 Å². The van der Waals surface area contributed by atoms with Gasteiger partial charge in [0.15, 0.2) is 4.34 Å². The van der Waals surface area contributed by atoms with Crippen LogP contribution in [0.4, 0.5) is 18.3 Å². The molecule has 0 bridgehead atoms. The second-order valence-electron chi connectivity index (χ2n) is 7.87. The largest absolute Gasteiger partial charge is 0.490 e. The molecule has 0 spiro atoms. The minimum Gasteiger partial charge on any atom is -0.475 e. The highest BCUT2D eigenvalue weighted by Crippen LogP contribution is 2.23. The van der Waals surface area contributed by atoms with Crippen molar-refractivity contribution in [3.8, 4) is 0 Å². The number of thioether (sulfide) groups is 1. The van der Waals surface area contributed by atoms with Crippen LogP contribution in [-0.4, -0.2) is 64.1 Å². The van der Waals surface area contributed by atoms with Gasteiger partial charge in [0.25, 0.3) is 0 Å². The van der Waals surface area contributed by atoms with Gasteiger partial charge in [0.1, 0.15) is 0 Å². The Bertz CT molecular complexity index is 1040.